The number of nitrogens with one attached hydrogen (secondary N) is 1. The molecule has 0 unspecified atom stereocenters. The molecule has 5 rings (SSSR count). The minimum absolute atomic E-state index is 0.114. The van der Waals surface area contributed by atoms with Gasteiger partial charge < -0.3 is 20.1 Å². The number of carbonyl (C=O) groups excluding carboxylic acids is 1. The summed E-state index contributed by atoms with van der Waals surface area (Å²) in [6.07, 6.45) is 4.58. The molecule has 0 fully saturated rings. The molecular formula is C34H35ClN2O3. The first-order valence-corrected chi connectivity index (χ1v) is 14.3. The van der Waals surface area contributed by atoms with E-state index in [1.165, 1.54) is 17.5 Å². The minimum atomic E-state index is -0.765. The van der Waals surface area contributed by atoms with E-state index in [0.717, 1.165) is 48.2 Å². The molecule has 0 bridgehead atoms. The van der Waals surface area contributed by atoms with Crippen LogP contribution in [-0.4, -0.2) is 24.2 Å². The van der Waals surface area contributed by atoms with Gasteiger partial charge in [0.1, 0.15) is 5.75 Å². The van der Waals surface area contributed by atoms with E-state index >= 15 is 0 Å². The van der Waals surface area contributed by atoms with E-state index in [1.807, 2.05) is 78.9 Å². The van der Waals surface area contributed by atoms with Crippen molar-refractivity contribution in [2.75, 3.05) is 23.4 Å². The minimum Gasteiger partial charge on any atom is -0.482 e. The van der Waals surface area contributed by atoms with Gasteiger partial charge in [0, 0.05) is 23.8 Å². The number of hydrogen-bond donors (Lipinski definition) is 2. The van der Waals surface area contributed by atoms with Gasteiger partial charge in [-0.1, -0.05) is 84.8 Å². The molecule has 2 N–H and O–H groups in total. The first kappa shape index (κ1) is 27.8. The highest BCUT2D eigenvalue weighted by atomic mass is 35.5. The fraction of sp³-hybridized carbons (Fsp3) is 0.265. The fourth-order valence-electron chi connectivity index (χ4n) is 5.36. The van der Waals surface area contributed by atoms with E-state index < -0.39 is 6.10 Å². The number of hydrogen-bond acceptors (Lipinski definition) is 4. The zero-order chi connectivity index (χ0) is 27.7. The summed E-state index contributed by atoms with van der Waals surface area (Å²) < 4.78 is 6.25. The SMILES string of the molecule is O=C(COc1ccc2c(c1N(Cc1ccccc1)C[C@H](O)c1cccc(Cl)c1)CCCCC2)Nc1ccccc1. The highest BCUT2D eigenvalue weighted by molar-refractivity contribution is 6.30. The lowest BCUT2D eigenvalue weighted by molar-refractivity contribution is -0.118. The third-order valence-corrected chi connectivity index (χ3v) is 7.53. The average Bonchev–Trinajstić information content (AvgIpc) is 3.22. The highest BCUT2D eigenvalue weighted by Crippen LogP contribution is 2.39. The summed E-state index contributed by atoms with van der Waals surface area (Å²) in [6, 6.07) is 31.1. The normalized spacial score (nSPS) is 13.6. The molecular weight excluding hydrogens is 520 g/mol. The van der Waals surface area contributed by atoms with Gasteiger partial charge in [0.05, 0.1) is 11.8 Å². The van der Waals surface area contributed by atoms with Gasteiger partial charge in [-0.05, 0) is 78.3 Å². The quantitative estimate of drug-likeness (QED) is 0.201. The molecule has 1 atom stereocenters. The van der Waals surface area contributed by atoms with Crippen molar-refractivity contribution in [2.24, 2.45) is 0 Å². The maximum atomic E-state index is 12.8. The molecule has 0 aliphatic heterocycles. The first-order chi connectivity index (χ1) is 19.6. The number of nitrogens with zero attached hydrogens (tertiary/aromatic N) is 1. The van der Waals surface area contributed by atoms with Crippen molar-refractivity contribution in [3.8, 4) is 5.75 Å². The first-order valence-electron chi connectivity index (χ1n) is 13.9. The summed E-state index contributed by atoms with van der Waals surface area (Å²) in [5, 5.41) is 14.9. The van der Waals surface area contributed by atoms with Crippen molar-refractivity contribution in [1.82, 2.24) is 0 Å². The van der Waals surface area contributed by atoms with Crippen molar-refractivity contribution in [3.05, 3.63) is 124 Å². The Hall–Kier alpha value is -3.80. The maximum Gasteiger partial charge on any atom is 0.262 e. The summed E-state index contributed by atoms with van der Waals surface area (Å²) in [5.41, 5.74) is 6.12. The fourth-order valence-corrected chi connectivity index (χ4v) is 5.55. The number of fused-ring (bicyclic) bond motifs is 1. The van der Waals surface area contributed by atoms with Gasteiger partial charge in [-0.3, -0.25) is 4.79 Å². The Balaban J connectivity index is 1.49. The number of anilines is 2. The number of ether oxygens (including phenoxy) is 1. The monoisotopic (exact) mass is 554 g/mol. The second kappa shape index (κ2) is 13.5. The number of halogens is 1. The Morgan fingerprint density at radius 2 is 1.65 bits per heavy atom. The lowest BCUT2D eigenvalue weighted by Gasteiger charge is -2.32. The molecule has 6 heteroatoms. The Morgan fingerprint density at radius 1 is 0.900 bits per heavy atom. The van der Waals surface area contributed by atoms with E-state index in [2.05, 4.69) is 28.4 Å². The maximum absolute atomic E-state index is 12.8. The summed E-state index contributed by atoms with van der Waals surface area (Å²) in [6.45, 7) is 0.816. The standard InChI is InChI=1S/C34H35ClN2O3/c35-28-15-10-14-27(21-28)31(38)23-37(22-25-11-4-1-5-12-25)34-30-18-9-2-6-13-26(30)19-20-32(34)40-24-33(39)36-29-16-7-3-8-17-29/h1,3-5,7-8,10-12,14-17,19-21,31,38H,2,6,9,13,18,22-24H2,(H,36,39)/t31-/m0/s1. The molecule has 5 nitrogen and oxygen atoms in total. The van der Waals surface area contributed by atoms with Crippen LogP contribution in [0.25, 0.3) is 0 Å². The second-order valence-electron chi connectivity index (χ2n) is 10.3. The number of benzene rings is 4. The number of rotatable bonds is 10. The predicted octanol–water partition coefficient (Wildman–Crippen LogP) is 7.37. The van der Waals surface area contributed by atoms with Crippen LogP contribution in [0.4, 0.5) is 11.4 Å². The van der Waals surface area contributed by atoms with E-state index in [-0.39, 0.29) is 12.5 Å². The largest absolute Gasteiger partial charge is 0.482 e. The lowest BCUT2D eigenvalue weighted by Crippen LogP contribution is -2.30. The Morgan fingerprint density at radius 3 is 2.42 bits per heavy atom. The number of aliphatic hydroxyl groups is 1. The molecule has 1 amide bonds. The summed E-state index contributed by atoms with van der Waals surface area (Å²) >= 11 is 6.26. The third-order valence-electron chi connectivity index (χ3n) is 7.29. The van der Waals surface area contributed by atoms with Gasteiger partial charge in [0.2, 0.25) is 0 Å². The topological polar surface area (TPSA) is 61.8 Å². The number of aliphatic hydroxyl groups excluding tert-OH is 1. The molecule has 0 aromatic heterocycles. The van der Waals surface area contributed by atoms with E-state index in [4.69, 9.17) is 16.3 Å². The van der Waals surface area contributed by atoms with Crippen molar-refractivity contribution in [3.63, 3.8) is 0 Å². The van der Waals surface area contributed by atoms with Crippen LogP contribution in [0.5, 0.6) is 5.75 Å². The van der Waals surface area contributed by atoms with Crippen LogP contribution in [0.2, 0.25) is 5.02 Å². The molecule has 0 saturated carbocycles. The zero-order valence-corrected chi connectivity index (χ0v) is 23.3. The van der Waals surface area contributed by atoms with Crippen LogP contribution in [0.15, 0.2) is 97.1 Å². The Kier molecular flexibility index (Phi) is 9.38. The highest BCUT2D eigenvalue weighted by Gasteiger charge is 2.25. The van der Waals surface area contributed by atoms with Crippen molar-refractivity contribution >= 4 is 28.9 Å². The Bertz CT molecular complexity index is 1410. The number of para-hydroxylation sites is 1. The molecule has 0 radical (unpaired) electrons. The van der Waals surface area contributed by atoms with Gasteiger partial charge >= 0.3 is 0 Å². The summed E-state index contributed by atoms with van der Waals surface area (Å²) in [7, 11) is 0. The van der Waals surface area contributed by atoms with Gasteiger partial charge in [0.15, 0.2) is 6.61 Å². The molecule has 0 saturated heterocycles. The van der Waals surface area contributed by atoms with E-state index in [9.17, 15) is 9.90 Å². The third kappa shape index (κ3) is 7.23. The van der Waals surface area contributed by atoms with Crippen molar-refractivity contribution in [2.45, 2.75) is 44.8 Å². The molecule has 1 aliphatic rings. The lowest BCUT2D eigenvalue weighted by atomic mass is 9.98. The van der Waals surface area contributed by atoms with Gasteiger partial charge in [-0.15, -0.1) is 0 Å². The molecule has 4 aromatic carbocycles. The zero-order valence-electron chi connectivity index (χ0n) is 22.6. The van der Waals surface area contributed by atoms with Crippen LogP contribution >= 0.6 is 11.6 Å². The number of carbonyl (C=O) groups is 1. The second-order valence-corrected chi connectivity index (χ2v) is 10.7. The van der Waals surface area contributed by atoms with Crippen LogP contribution in [0, 0.1) is 0 Å². The Labute approximate surface area is 241 Å². The van der Waals surface area contributed by atoms with Crippen LogP contribution < -0.4 is 15.0 Å². The molecule has 1 aliphatic carbocycles. The van der Waals surface area contributed by atoms with E-state index in [0.29, 0.717) is 23.9 Å². The van der Waals surface area contributed by atoms with Crippen molar-refractivity contribution < 1.29 is 14.6 Å². The van der Waals surface area contributed by atoms with Gasteiger partial charge in [-0.25, -0.2) is 0 Å². The molecule has 206 valence electrons. The van der Waals surface area contributed by atoms with Crippen LogP contribution in [0.1, 0.15) is 47.6 Å². The predicted molar refractivity (Wildman–Crippen MR) is 162 cm³/mol. The molecule has 0 heterocycles. The van der Waals surface area contributed by atoms with Crippen molar-refractivity contribution in [1.29, 1.82) is 0 Å². The molecule has 0 spiro atoms. The number of amides is 1. The average molecular weight is 555 g/mol. The number of aryl methyl sites for hydroxylation is 1. The van der Waals surface area contributed by atoms with Crippen LogP contribution in [-0.2, 0) is 24.2 Å². The van der Waals surface area contributed by atoms with E-state index in [1.54, 1.807) is 0 Å². The van der Waals surface area contributed by atoms with Crippen LogP contribution in [0.3, 0.4) is 0 Å². The smallest absolute Gasteiger partial charge is 0.262 e. The molecule has 40 heavy (non-hydrogen) atoms. The summed E-state index contributed by atoms with van der Waals surface area (Å²) in [4.78, 5) is 15.0. The molecule has 4 aromatic rings. The van der Waals surface area contributed by atoms with Gasteiger partial charge in [-0.2, -0.15) is 0 Å². The van der Waals surface area contributed by atoms with Gasteiger partial charge in [0.25, 0.3) is 5.91 Å². The summed E-state index contributed by atoms with van der Waals surface area (Å²) in [5.74, 6) is 0.429.